The molecule has 0 saturated carbocycles. The van der Waals surface area contributed by atoms with Crippen LogP contribution in [0.1, 0.15) is 20.3 Å². The number of hydrogen-bond acceptors (Lipinski definition) is 0. The van der Waals surface area contributed by atoms with Crippen LogP contribution >= 0.6 is 55.1 Å². The van der Waals surface area contributed by atoms with E-state index in [1.807, 2.05) is 19.9 Å². The van der Waals surface area contributed by atoms with Gasteiger partial charge in [0.15, 0.2) is 0 Å². The van der Waals surface area contributed by atoms with Crippen molar-refractivity contribution in [3.63, 3.8) is 0 Å². The molecule has 0 aromatic carbocycles. The molecule has 0 radical (unpaired) electrons. The van der Waals surface area contributed by atoms with Crippen molar-refractivity contribution < 1.29 is 0 Å². The minimum absolute atomic E-state index is 0.281. The molecule has 14 heavy (non-hydrogen) atoms. The molecule has 0 nitrogen and oxygen atoms in total. The van der Waals surface area contributed by atoms with Crippen molar-refractivity contribution in [3.8, 4) is 0 Å². The zero-order valence-electron chi connectivity index (χ0n) is 8.24. The highest BCUT2D eigenvalue weighted by Gasteiger charge is 2.14. The van der Waals surface area contributed by atoms with E-state index in [9.17, 15) is 0 Å². The summed E-state index contributed by atoms with van der Waals surface area (Å²) >= 11 is 18.4. The van der Waals surface area contributed by atoms with Crippen molar-refractivity contribution in [2.24, 2.45) is 0 Å². The van der Waals surface area contributed by atoms with Crippen LogP contribution in [0.4, 0.5) is 0 Å². The molecule has 0 bridgehead atoms. The van der Waals surface area contributed by atoms with Crippen LogP contribution < -0.4 is 0 Å². The average molecular weight is 365 g/mol. The number of allylic oxidation sites excluding steroid dienone is 3. The lowest BCUT2D eigenvalue weighted by Crippen LogP contribution is -2.10. The molecule has 0 heterocycles. The van der Waals surface area contributed by atoms with E-state index in [1.165, 1.54) is 0 Å². The molecular weight excluding hydrogens is 351 g/mol. The zero-order chi connectivity index (χ0) is 11.3. The fraction of sp³-hybridized carbons (Fsp3) is 0.600. The van der Waals surface area contributed by atoms with Gasteiger partial charge < -0.3 is 0 Å². The molecule has 0 aliphatic carbocycles. The summed E-state index contributed by atoms with van der Waals surface area (Å²) in [5.41, 5.74) is 2.27. The van der Waals surface area contributed by atoms with Gasteiger partial charge in [0.05, 0.1) is 0 Å². The van der Waals surface area contributed by atoms with E-state index in [1.54, 1.807) is 0 Å². The predicted octanol–water partition coefficient (Wildman–Crippen LogP) is 5.23. The Morgan fingerprint density at radius 2 is 1.79 bits per heavy atom. The average Bonchev–Trinajstić information content (AvgIpc) is 2.02. The first kappa shape index (κ1) is 15.0. The minimum Gasteiger partial charge on any atom is -0.101 e. The Labute approximate surface area is 113 Å². The fourth-order valence-corrected chi connectivity index (χ4v) is 2.67. The molecular formula is C10H14Br2Cl2. The number of rotatable bonds is 5. The Morgan fingerprint density at radius 1 is 1.29 bits per heavy atom. The molecule has 2 atom stereocenters. The van der Waals surface area contributed by atoms with E-state index in [0.29, 0.717) is 4.83 Å². The van der Waals surface area contributed by atoms with Gasteiger partial charge in [-0.05, 0) is 20.3 Å². The lowest BCUT2D eigenvalue weighted by atomic mass is 10.1. The SMILES string of the molecule is C=C(C)C(Br)CC(Br)/C(C)=C/C(Cl)Cl. The number of hydrogen-bond donors (Lipinski definition) is 0. The Kier molecular flexibility index (Phi) is 7.85. The van der Waals surface area contributed by atoms with Crippen molar-refractivity contribution in [1.82, 2.24) is 0 Å². The monoisotopic (exact) mass is 362 g/mol. The molecule has 4 heteroatoms. The van der Waals surface area contributed by atoms with Crippen molar-refractivity contribution in [1.29, 1.82) is 0 Å². The van der Waals surface area contributed by atoms with Crippen LogP contribution in [-0.4, -0.2) is 14.5 Å². The fourth-order valence-electron chi connectivity index (χ4n) is 0.872. The lowest BCUT2D eigenvalue weighted by molar-refractivity contribution is 0.852. The molecule has 0 aromatic heterocycles. The summed E-state index contributed by atoms with van der Waals surface area (Å²) in [6.45, 7) is 7.90. The van der Waals surface area contributed by atoms with Crippen LogP contribution in [0.15, 0.2) is 23.8 Å². The van der Waals surface area contributed by atoms with Crippen LogP contribution in [0.2, 0.25) is 0 Å². The van der Waals surface area contributed by atoms with E-state index >= 15 is 0 Å². The molecule has 0 aromatic rings. The Balaban J connectivity index is 4.20. The van der Waals surface area contributed by atoms with Gasteiger partial charge in [0.2, 0.25) is 0 Å². The van der Waals surface area contributed by atoms with E-state index in [-0.39, 0.29) is 4.83 Å². The van der Waals surface area contributed by atoms with Gasteiger partial charge in [0.25, 0.3) is 0 Å². The quantitative estimate of drug-likeness (QED) is 0.463. The van der Waals surface area contributed by atoms with Gasteiger partial charge in [-0.2, -0.15) is 0 Å². The molecule has 0 fully saturated rings. The zero-order valence-corrected chi connectivity index (χ0v) is 12.9. The van der Waals surface area contributed by atoms with Crippen LogP contribution in [0.5, 0.6) is 0 Å². The third-order valence-corrected chi connectivity index (χ3v) is 4.33. The summed E-state index contributed by atoms with van der Waals surface area (Å²) in [4.78, 5) is 0.163. The van der Waals surface area contributed by atoms with Gasteiger partial charge in [0.1, 0.15) is 4.84 Å². The molecule has 0 amide bonds. The summed E-state index contributed by atoms with van der Waals surface area (Å²) in [6, 6.07) is 0. The van der Waals surface area contributed by atoms with Crippen molar-refractivity contribution >= 4 is 55.1 Å². The number of halogens is 4. The van der Waals surface area contributed by atoms with E-state index < -0.39 is 4.84 Å². The first-order chi connectivity index (χ1) is 6.34. The molecule has 0 spiro atoms. The van der Waals surface area contributed by atoms with E-state index in [4.69, 9.17) is 23.2 Å². The maximum absolute atomic E-state index is 5.65. The van der Waals surface area contributed by atoms with Crippen molar-refractivity contribution in [2.75, 3.05) is 0 Å². The van der Waals surface area contributed by atoms with Gasteiger partial charge in [-0.3, -0.25) is 0 Å². The van der Waals surface area contributed by atoms with Gasteiger partial charge in [-0.25, -0.2) is 0 Å². The summed E-state index contributed by atoms with van der Waals surface area (Å²) in [5.74, 6) is 0. The maximum atomic E-state index is 5.65. The molecule has 0 aliphatic heterocycles. The highest BCUT2D eigenvalue weighted by Crippen LogP contribution is 2.25. The normalized spacial score (nSPS) is 16.9. The lowest BCUT2D eigenvalue weighted by Gasteiger charge is -2.15. The third-order valence-electron chi connectivity index (χ3n) is 1.83. The third kappa shape index (κ3) is 6.49. The molecule has 82 valence electrons. The van der Waals surface area contributed by atoms with E-state index in [2.05, 4.69) is 38.4 Å². The summed E-state index contributed by atoms with van der Waals surface area (Å²) in [6.07, 6.45) is 2.78. The van der Waals surface area contributed by atoms with Crippen LogP contribution in [0, 0.1) is 0 Å². The molecule has 2 unspecified atom stereocenters. The Bertz CT molecular complexity index is 224. The van der Waals surface area contributed by atoms with Gasteiger partial charge in [-0.15, -0.1) is 23.2 Å². The van der Waals surface area contributed by atoms with E-state index in [0.717, 1.165) is 17.6 Å². The topological polar surface area (TPSA) is 0 Å². The van der Waals surface area contributed by atoms with Crippen molar-refractivity contribution in [3.05, 3.63) is 23.8 Å². The largest absolute Gasteiger partial charge is 0.126 e. The maximum Gasteiger partial charge on any atom is 0.126 e. The second-order valence-corrected chi connectivity index (χ2v) is 6.64. The second kappa shape index (κ2) is 7.32. The van der Waals surface area contributed by atoms with Crippen molar-refractivity contribution in [2.45, 2.75) is 34.8 Å². The summed E-state index contributed by atoms with van der Waals surface area (Å²) in [5, 5.41) is 0. The smallest absolute Gasteiger partial charge is 0.101 e. The predicted molar refractivity (Wildman–Crippen MR) is 74.1 cm³/mol. The standard InChI is InChI=1S/C10H14Br2Cl2/c1-6(2)8(11)5-9(12)7(3)4-10(13)14/h4,8-10H,1,5H2,2-3H3/b7-4+. The van der Waals surface area contributed by atoms with Crippen LogP contribution in [0.3, 0.4) is 0 Å². The first-order valence-electron chi connectivity index (χ1n) is 4.24. The molecule has 0 aliphatic rings. The molecule has 0 N–H and O–H groups in total. The van der Waals surface area contributed by atoms with Gasteiger partial charge in [0, 0.05) is 9.65 Å². The van der Waals surface area contributed by atoms with Gasteiger partial charge >= 0.3 is 0 Å². The van der Waals surface area contributed by atoms with Gasteiger partial charge in [-0.1, -0.05) is 55.7 Å². The highest BCUT2D eigenvalue weighted by molar-refractivity contribution is 9.10. The molecule has 0 saturated heterocycles. The minimum atomic E-state index is -0.436. The summed E-state index contributed by atoms with van der Waals surface area (Å²) < 4.78 is 0. The van der Waals surface area contributed by atoms with Crippen LogP contribution in [-0.2, 0) is 0 Å². The highest BCUT2D eigenvalue weighted by atomic mass is 79.9. The van der Waals surface area contributed by atoms with Crippen LogP contribution in [0.25, 0.3) is 0 Å². The summed E-state index contributed by atoms with van der Waals surface area (Å²) in [7, 11) is 0. The Hall–Kier alpha value is 1.02. The first-order valence-corrected chi connectivity index (χ1v) is 6.95. The number of alkyl halides is 4. The Morgan fingerprint density at radius 3 is 2.14 bits per heavy atom. The molecule has 0 rings (SSSR count). The second-order valence-electron chi connectivity index (χ2n) is 3.26.